The summed E-state index contributed by atoms with van der Waals surface area (Å²) in [6.07, 6.45) is 4.25. The predicted molar refractivity (Wildman–Crippen MR) is 54.1 cm³/mol. The van der Waals surface area contributed by atoms with Crippen molar-refractivity contribution < 1.29 is 4.79 Å². The molecule has 2 atom stereocenters. The summed E-state index contributed by atoms with van der Waals surface area (Å²) in [6.45, 7) is 6.81. The minimum Gasteiger partial charge on any atom is -0.370 e. The van der Waals surface area contributed by atoms with Gasteiger partial charge < -0.3 is 5.73 Å². The standard InChI is InChI=1S/C11H21NO/c1-8-4-5-11(2,3)7-9(8)6-10(12)13/h8-9H,4-7H2,1-3H3,(H2,12,13). The molecule has 1 aliphatic rings. The quantitative estimate of drug-likeness (QED) is 0.701. The molecular formula is C11H21NO. The van der Waals surface area contributed by atoms with E-state index in [2.05, 4.69) is 20.8 Å². The molecule has 0 aromatic carbocycles. The normalized spacial score (nSPS) is 32.8. The number of primary amides is 1. The van der Waals surface area contributed by atoms with Crippen LogP contribution in [0.1, 0.15) is 46.5 Å². The monoisotopic (exact) mass is 183 g/mol. The molecule has 13 heavy (non-hydrogen) atoms. The van der Waals surface area contributed by atoms with E-state index in [1.807, 2.05) is 0 Å². The molecule has 0 aromatic heterocycles. The van der Waals surface area contributed by atoms with Gasteiger partial charge in [0, 0.05) is 6.42 Å². The van der Waals surface area contributed by atoms with E-state index >= 15 is 0 Å². The maximum Gasteiger partial charge on any atom is 0.217 e. The van der Waals surface area contributed by atoms with Crippen molar-refractivity contribution in [2.75, 3.05) is 0 Å². The van der Waals surface area contributed by atoms with Crippen molar-refractivity contribution in [2.45, 2.75) is 46.5 Å². The minimum absolute atomic E-state index is 0.144. The summed E-state index contributed by atoms with van der Waals surface area (Å²) in [7, 11) is 0. The smallest absolute Gasteiger partial charge is 0.217 e. The molecule has 1 aliphatic carbocycles. The lowest BCUT2D eigenvalue weighted by Crippen LogP contribution is -2.31. The van der Waals surface area contributed by atoms with Crippen molar-refractivity contribution in [1.29, 1.82) is 0 Å². The molecule has 2 heteroatoms. The average Bonchev–Trinajstić information content (AvgIpc) is 1.95. The fraction of sp³-hybridized carbons (Fsp3) is 0.909. The van der Waals surface area contributed by atoms with Crippen LogP contribution in [0.2, 0.25) is 0 Å². The highest BCUT2D eigenvalue weighted by Crippen LogP contribution is 2.42. The van der Waals surface area contributed by atoms with Gasteiger partial charge in [-0.3, -0.25) is 4.79 Å². The van der Waals surface area contributed by atoms with Crippen LogP contribution >= 0.6 is 0 Å². The van der Waals surface area contributed by atoms with E-state index in [0.717, 1.165) is 6.42 Å². The molecule has 2 unspecified atom stereocenters. The fourth-order valence-electron chi connectivity index (χ4n) is 2.40. The van der Waals surface area contributed by atoms with Gasteiger partial charge in [-0.15, -0.1) is 0 Å². The second-order valence-electron chi connectivity index (χ2n) is 5.31. The van der Waals surface area contributed by atoms with Gasteiger partial charge in [-0.05, 0) is 36.5 Å². The van der Waals surface area contributed by atoms with Crippen molar-refractivity contribution in [1.82, 2.24) is 0 Å². The zero-order valence-electron chi connectivity index (χ0n) is 8.97. The average molecular weight is 183 g/mol. The molecule has 0 spiro atoms. The van der Waals surface area contributed by atoms with E-state index in [0.29, 0.717) is 23.7 Å². The summed E-state index contributed by atoms with van der Waals surface area (Å²) in [5.74, 6) is 1.04. The zero-order chi connectivity index (χ0) is 10.1. The van der Waals surface area contributed by atoms with Gasteiger partial charge >= 0.3 is 0 Å². The Morgan fingerprint density at radius 3 is 2.69 bits per heavy atom. The van der Waals surface area contributed by atoms with Gasteiger partial charge in [-0.25, -0.2) is 0 Å². The SMILES string of the molecule is CC1CCC(C)(C)CC1CC(N)=O. The largest absolute Gasteiger partial charge is 0.370 e. The van der Waals surface area contributed by atoms with Crippen LogP contribution in [0.15, 0.2) is 0 Å². The molecule has 1 amide bonds. The highest BCUT2D eigenvalue weighted by Gasteiger charge is 2.33. The maximum atomic E-state index is 10.8. The van der Waals surface area contributed by atoms with Gasteiger partial charge in [0.2, 0.25) is 5.91 Å². The van der Waals surface area contributed by atoms with E-state index < -0.39 is 0 Å². The summed E-state index contributed by atoms with van der Waals surface area (Å²) < 4.78 is 0. The van der Waals surface area contributed by atoms with Crippen LogP contribution in [0.4, 0.5) is 0 Å². The number of rotatable bonds is 2. The van der Waals surface area contributed by atoms with Crippen LogP contribution in [0.3, 0.4) is 0 Å². The van der Waals surface area contributed by atoms with Crippen molar-refractivity contribution in [3.05, 3.63) is 0 Å². The highest BCUT2D eigenvalue weighted by molar-refractivity contribution is 5.74. The number of nitrogens with two attached hydrogens (primary N) is 1. The Kier molecular flexibility index (Phi) is 2.99. The molecule has 2 nitrogen and oxygen atoms in total. The lowest BCUT2D eigenvalue weighted by Gasteiger charge is -2.39. The van der Waals surface area contributed by atoms with Gasteiger partial charge in [-0.1, -0.05) is 20.8 Å². The van der Waals surface area contributed by atoms with Crippen LogP contribution in [0.25, 0.3) is 0 Å². The van der Waals surface area contributed by atoms with Gasteiger partial charge in [0.25, 0.3) is 0 Å². The van der Waals surface area contributed by atoms with Crippen molar-refractivity contribution in [3.8, 4) is 0 Å². The molecule has 0 heterocycles. The van der Waals surface area contributed by atoms with Crippen LogP contribution in [-0.2, 0) is 4.79 Å². The highest BCUT2D eigenvalue weighted by atomic mass is 16.1. The molecule has 0 saturated heterocycles. The third-order valence-electron chi connectivity index (χ3n) is 3.36. The molecule has 0 bridgehead atoms. The number of hydrogen-bond donors (Lipinski definition) is 1. The van der Waals surface area contributed by atoms with Crippen LogP contribution in [-0.4, -0.2) is 5.91 Å². The lowest BCUT2D eigenvalue weighted by molar-refractivity contribution is -0.119. The second kappa shape index (κ2) is 3.69. The molecule has 2 N–H and O–H groups in total. The molecule has 1 saturated carbocycles. The van der Waals surface area contributed by atoms with Gasteiger partial charge in [0.15, 0.2) is 0 Å². The number of amides is 1. The Hall–Kier alpha value is -0.530. The Balaban J connectivity index is 2.55. The van der Waals surface area contributed by atoms with E-state index in [4.69, 9.17) is 5.73 Å². The summed E-state index contributed by atoms with van der Waals surface area (Å²) in [6, 6.07) is 0. The lowest BCUT2D eigenvalue weighted by atomic mass is 9.67. The Morgan fingerprint density at radius 2 is 2.15 bits per heavy atom. The van der Waals surface area contributed by atoms with E-state index in [9.17, 15) is 4.79 Å². The minimum atomic E-state index is -0.144. The Labute approximate surface area is 80.9 Å². The molecule has 0 radical (unpaired) electrons. The first-order chi connectivity index (χ1) is 5.91. The zero-order valence-corrected chi connectivity index (χ0v) is 8.97. The molecule has 0 aromatic rings. The van der Waals surface area contributed by atoms with Crippen LogP contribution in [0, 0.1) is 17.3 Å². The second-order valence-corrected chi connectivity index (χ2v) is 5.31. The summed E-state index contributed by atoms with van der Waals surface area (Å²) in [5.41, 5.74) is 5.64. The van der Waals surface area contributed by atoms with Gasteiger partial charge in [0.05, 0.1) is 0 Å². The van der Waals surface area contributed by atoms with Gasteiger partial charge in [0.1, 0.15) is 0 Å². The third kappa shape index (κ3) is 3.02. The maximum absolute atomic E-state index is 10.8. The first-order valence-electron chi connectivity index (χ1n) is 5.19. The third-order valence-corrected chi connectivity index (χ3v) is 3.36. The molecule has 0 aliphatic heterocycles. The number of hydrogen-bond acceptors (Lipinski definition) is 1. The molecule has 76 valence electrons. The summed E-state index contributed by atoms with van der Waals surface area (Å²) >= 11 is 0. The predicted octanol–water partition coefficient (Wildman–Crippen LogP) is 2.32. The van der Waals surface area contributed by atoms with Crippen molar-refractivity contribution in [2.24, 2.45) is 23.0 Å². The van der Waals surface area contributed by atoms with E-state index in [1.54, 1.807) is 0 Å². The topological polar surface area (TPSA) is 43.1 Å². The van der Waals surface area contributed by atoms with Gasteiger partial charge in [-0.2, -0.15) is 0 Å². The molecular weight excluding hydrogens is 162 g/mol. The van der Waals surface area contributed by atoms with Crippen LogP contribution < -0.4 is 5.73 Å². The van der Waals surface area contributed by atoms with Crippen molar-refractivity contribution in [3.63, 3.8) is 0 Å². The first-order valence-corrected chi connectivity index (χ1v) is 5.19. The van der Waals surface area contributed by atoms with E-state index in [-0.39, 0.29) is 5.91 Å². The number of carbonyl (C=O) groups excluding carboxylic acids is 1. The number of carbonyl (C=O) groups is 1. The van der Waals surface area contributed by atoms with E-state index in [1.165, 1.54) is 12.8 Å². The molecule has 1 rings (SSSR count). The molecule has 1 fully saturated rings. The summed E-state index contributed by atoms with van der Waals surface area (Å²) in [4.78, 5) is 10.8. The fourth-order valence-corrected chi connectivity index (χ4v) is 2.40. The Morgan fingerprint density at radius 1 is 1.54 bits per heavy atom. The van der Waals surface area contributed by atoms with Crippen molar-refractivity contribution >= 4 is 5.91 Å². The first kappa shape index (κ1) is 10.6. The summed E-state index contributed by atoms with van der Waals surface area (Å²) in [5, 5.41) is 0. The Bertz CT molecular complexity index is 198. The van der Waals surface area contributed by atoms with Crippen LogP contribution in [0.5, 0.6) is 0 Å².